The first-order valence-corrected chi connectivity index (χ1v) is 19.3. The standard InChI is InChI=1S/C46H50N6O6/c1-28(2)58-44(56)41(18-30-13-11-10-12-14-30)52-26-40(48-50-52)38-16-15-31(17-29(38)3)27-57-43(55)34-19-33(42(53)54)22-37(23-34)51-25-39(47-49-51)32-20-35(45(4,5)6)24-36(21-32)46(7,8)9/h10-17,19-26,28,41H,18,27H2,1-9H3,(H,53,54)/t41-/m0/s1. The van der Waals surface area contributed by atoms with Crippen molar-refractivity contribution in [1.82, 2.24) is 30.0 Å². The van der Waals surface area contributed by atoms with E-state index in [1.807, 2.05) is 55.5 Å². The maximum absolute atomic E-state index is 13.4. The van der Waals surface area contributed by atoms with Crippen molar-refractivity contribution in [2.75, 3.05) is 0 Å². The van der Waals surface area contributed by atoms with Gasteiger partial charge in [0.05, 0.1) is 35.3 Å². The van der Waals surface area contributed by atoms with Crippen molar-refractivity contribution < 1.29 is 29.0 Å². The maximum atomic E-state index is 13.4. The molecule has 0 aliphatic rings. The van der Waals surface area contributed by atoms with Crippen molar-refractivity contribution in [1.29, 1.82) is 0 Å². The Morgan fingerprint density at radius 3 is 2.02 bits per heavy atom. The molecule has 0 fully saturated rings. The minimum absolute atomic E-state index is 0.0581. The lowest BCUT2D eigenvalue weighted by atomic mass is 9.79. The second-order valence-electron chi connectivity index (χ2n) is 16.9. The fraction of sp³-hybridized carbons (Fsp3) is 0.326. The van der Waals surface area contributed by atoms with Crippen LogP contribution in [0.2, 0.25) is 0 Å². The summed E-state index contributed by atoms with van der Waals surface area (Å²) in [6, 6.07) is 25.2. The van der Waals surface area contributed by atoms with Crippen LogP contribution < -0.4 is 0 Å². The van der Waals surface area contributed by atoms with Crippen molar-refractivity contribution >= 4 is 17.9 Å². The summed E-state index contributed by atoms with van der Waals surface area (Å²) in [4.78, 5) is 38.7. The van der Waals surface area contributed by atoms with E-state index < -0.39 is 23.9 Å². The molecule has 1 atom stereocenters. The molecule has 0 radical (unpaired) electrons. The molecule has 0 bridgehead atoms. The maximum Gasteiger partial charge on any atom is 0.338 e. The average molecular weight is 783 g/mol. The third-order valence-corrected chi connectivity index (χ3v) is 9.78. The molecule has 0 saturated carbocycles. The van der Waals surface area contributed by atoms with Crippen LogP contribution in [0, 0.1) is 6.92 Å². The molecule has 0 aliphatic carbocycles. The van der Waals surface area contributed by atoms with Crippen LogP contribution >= 0.6 is 0 Å². The highest BCUT2D eigenvalue weighted by Gasteiger charge is 2.26. The van der Waals surface area contributed by atoms with Gasteiger partial charge in [-0.25, -0.2) is 23.7 Å². The molecule has 0 saturated heterocycles. The van der Waals surface area contributed by atoms with Gasteiger partial charge >= 0.3 is 17.9 Å². The first-order chi connectivity index (χ1) is 27.3. The number of nitrogens with zero attached hydrogens (tertiary/aromatic N) is 6. The lowest BCUT2D eigenvalue weighted by Crippen LogP contribution is -2.26. The molecular formula is C46H50N6O6. The Balaban J connectivity index is 1.19. The normalized spacial score (nSPS) is 12.4. The Morgan fingerprint density at radius 2 is 1.40 bits per heavy atom. The van der Waals surface area contributed by atoms with Crippen molar-refractivity contribution in [2.24, 2.45) is 0 Å². The zero-order chi connectivity index (χ0) is 41.9. The minimum atomic E-state index is -1.20. The van der Waals surface area contributed by atoms with E-state index in [0.717, 1.165) is 33.4 Å². The molecule has 6 aromatic rings. The summed E-state index contributed by atoms with van der Waals surface area (Å²) in [7, 11) is 0. The van der Waals surface area contributed by atoms with Crippen molar-refractivity contribution in [3.8, 4) is 28.2 Å². The van der Waals surface area contributed by atoms with E-state index in [1.54, 1.807) is 32.3 Å². The third kappa shape index (κ3) is 9.74. The summed E-state index contributed by atoms with van der Waals surface area (Å²) in [5.74, 6) is -2.29. The second-order valence-corrected chi connectivity index (χ2v) is 16.9. The summed E-state index contributed by atoms with van der Waals surface area (Å²) >= 11 is 0. The molecular weight excluding hydrogens is 733 g/mol. The molecule has 300 valence electrons. The van der Waals surface area contributed by atoms with E-state index >= 15 is 0 Å². The number of carbonyl (C=O) groups is 3. The summed E-state index contributed by atoms with van der Waals surface area (Å²) in [5, 5.41) is 27.4. The number of benzene rings is 4. The fourth-order valence-electron chi connectivity index (χ4n) is 6.47. The van der Waals surface area contributed by atoms with E-state index in [2.05, 4.69) is 80.4 Å². The van der Waals surface area contributed by atoms with Crippen molar-refractivity contribution in [3.63, 3.8) is 0 Å². The first kappa shape index (κ1) is 41.2. The van der Waals surface area contributed by atoms with Gasteiger partial charge in [-0.15, -0.1) is 10.2 Å². The number of hydrogen-bond acceptors (Lipinski definition) is 9. The molecule has 0 amide bonds. The van der Waals surface area contributed by atoms with Crippen LogP contribution in [0.1, 0.15) is 110 Å². The van der Waals surface area contributed by atoms with Crippen LogP contribution in [0.4, 0.5) is 0 Å². The molecule has 0 unspecified atom stereocenters. The van der Waals surface area contributed by atoms with E-state index in [4.69, 9.17) is 9.47 Å². The van der Waals surface area contributed by atoms with Gasteiger partial charge in [0.2, 0.25) is 0 Å². The second kappa shape index (κ2) is 16.6. The van der Waals surface area contributed by atoms with Gasteiger partial charge < -0.3 is 14.6 Å². The molecule has 1 N–H and O–H groups in total. The number of carboxylic acids is 1. The van der Waals surface area contributed by atoms with Gasteiger partial charge in [-0.05, 0) is 89.8 Å². The van der Waals surface area contributed by atoms with Crippen LogP contribution in [0.15, 0.2) is 97.3 Å². The lowest BCUT2D eigenvalue weighted by molar-refractivity contribution is -0.151. The molecule has 6 rings (SSSR count). The largest absolute Gasteiger partial charge is 0.478 e. The summed E-state index contributed by atoms with van der Waals surface area (Å²) < 4.78 is 14.3. The number of aryl methyl sites for hydroxylation is 1. The Bertz CT molecular complexity index is 2420. The van der Waals surface area contributed by atoms with Crippen LogP contribution in [0.25, 0.3) is 28.2 Å². The van der Waals surface area contributed by atoms with Gasteiger partial charge in [-0.2, -0.15) is 0 Å². The van der Waals surface area contributed by atoms with Gasteiger partial charge in [-0.1, -0.05) is 107 Å². The predicted molar refractivity (Wildman–Crippen MR) is 221 cm³/mol. The molecule has 4 aromatic carbocycles. The van der Waals surface area contributed by atoms with E-state index in [9.17, 15) is 19.5 Å². The summed E-state index contributed by atoms with van der Waals surface area (Å²) in [6.45, 7) is 18.4. The van der Waals surface area contributed by atoms with Gasteiger partial charge in [0.15, 0.2) is 6.04 Å². The van der Waals surface area contributed by atoms with Gasteiger partial charge in [0.1, 0.15) is 18.0 Å². The van der Waals surface area contributed by atoms with Gasteiger partial charge in [0, 0.05) is 17.5 Å². The number of rotatable bonds is 12. The fourth-order valence-corrected chi connectivity index (χ4v) is 6.47. The molecule has 12 nitrogen and oxygen atoms in total. The van der Waals surface area contributed by atoms with Gasteiger partial charge in [0.25, 0.3) is 0 Å². The molecule has 2 heterocycles. The number of carbonyl (C=O) groups excluding carboxylic acids is 2. The van der Waals surface area contributed by atoms with Gasteiger partial charge in [-0.3, -0.25) is 0 Å². The SMILES string of the molecule is Cc1cc(COC(=O)c2cc(C(=O)O)cc(-n3cc(-c4cc(C(C)(C)C)cc(C(C)(C)C)c4)nn3)c2)ccc1-c1cn([C@@H](Cc2ccccc2)C(=O)OC(C)C)nn1. The average Bonchev–Trinajstić information content (AvgIpc) is 3.86. The number of carboxylic acid groups (broad SMARTS) is 1. The number of ether oxygens (including phenoxy) is 2. The quantitative estimate of drug-likeness (QED) is 0.119. The molecule has 58 heavy (non-hydrogen) atoms. The predicted octanol–water partition coefficient (Wildman–Crippen LogP) is 8.89. The Morgan fingerprint density at radius 1 is 0.741 bits per heavy atom. The molecule has 12 heteroatoms. The van der Waals surface area contributed by atoms with Crippen molar-refractivity contribution in [2.45, 2.75) is 98.3 Å². The Kier molecular flexibility index (Phi) is 11.8. The molecule has 2 aromatic heterocycles. The summed E-state index contributed by atoms with van der Waals surface area (Å²) in [6.07, 6.45) is 3.56. The molecule has 0 aliphatic heterocycles. The Labute approximate surface area is 338 Å². The zero-order valence-corrected chi connectivity index (χ0v) is 34.5. The number of aromatic nitrogens is 6. The van der Waals surface area contributed by atoms with E-state index in [-0.39, 0.29) is 34.7 Å². The lowest BCUT2D eigenvalue weighted by Gasteiger charge is -2.26. The highest BCUT2D eigenvalue weighted by atomic mass is 16.5. The van der Waals surface area contributed by atoms with Crippen molar-refractivity contribution in [3.05, 3.63) is 136 Å². The summed E-state index contributed by atoms with van der Waals surface area (Å²) in [5.41, 5.74) is 7.84. The highest BCUT2D eigenvalue weighted by Crippen LogP contribution is 2.34. The van der Waals surface area contributed by atoms with E-state index in [0.29, 0.717) is 29.1 Å². The van der Waals surface area contributed by atoms with Crippen LogP contribution in [-0.4, -0.2) is 59.1 Å². The number of esters is 2. The van der Waals surface area contributed by atoms with Crippen LogP contribution in [-0.2, 0) is 38.1 Å². The van der Waals surface area contributed by atoms with Crippen LogP contribution in [0.3, 0.4) is 0 Å². The first-order valence-electron chi connectivity index (χ1n) is 19.3. The molecule has 0 spiro atoms. The number of hydrogen-bond donors (Lipinski definition) is 1. The third-order valence-electron chi connectivity index (χ3n) is 9.78. The number of aromatic carboxylic acids is 1. The minimum Gasteiger partial charge on any atom is -0.478 e. The van der Waals surface area contributed by atoms with Crippen LogP contribution in [0.5, 0.6) is 0 Å². The van der Waals surface area contributed by atoms with E-state index in [1.165, 1.54) is 21.5 Å². The topological polar surface area (TPSA) is 151 Å². The Hall–Kier alpha value is -6.43. The highest BCUT2D eigenvalue weighted by molar-refractivity contribution is 5.95. The monoisotopic (exact) mass is 782 g/mol. The zero-order valence-electron chi connectivity index (χ0n) is 34.5. The smallest absolute Gasteiger partial charge is 0.338 e.